The van der Waals surface area contributed by atoms with Gasteiger partial charge in [-0.05, 0) is 60.7 Å². The Balaban J connectivity index is 1.48. The van der Waals surface area contributed by atoms with E-state index >= 15 is 0 Å². The molecule has 180 valence electrons. The van der Waals surface area contributed by atoms with Crippen molar-refractivity contribution in [3.63, 3.8) is 0 Å². The summed E-state index contributed by atoms with van der Waals surface area (Å²) in [5, 5.41) is 4.59. The van der Waals surface area contributed by atoms with Gasteiger partial charge in [0.2, 0.25) is 0 Å². The lowest BCUT2D eigenvalue weighted by molar-refractivity contribution is 0.356. The van der Waals surface area contributed by atoms with Gasteiger partial charge in [0, 0.05) is 43.2 Å². The van der Waals surface area contributed by atoms with E-state index in [2.05, 4.69) is 79.8 Å². The number of fused-ring (bicyclic) bond motifs is 1. The average molecular weight is 469 g/mol. The van der Waals surface area contributed by atoms with E-state index in [-0.39, 0.29) is 6.04 Å². The van der Waals surface area contributed by atoms with Gasteiger partial charge in [0.25, 0.3) is 0 Å². The second-order valence-corrected chi connectivity index (χ2v) is 9.36. The van der Waals surface area contributed by atoms with E-state index in [1.54, 1.807) is 14.2 Å². The highest BCUT2D eigenvalue weighted by Gasteiger charge is 2.28. The molecule has 0 aliphatic heterocycles. The molecule has 4 aromatic rings. The van der Waals surface area contributed by atoms with Gasteiger partial charge >= 0.3 is 0 Å². The van der Waals surface area contributed by atoms with E-state index in [9.17, 15) is 0 Å². The van der Waals surface area contributed by atoms with Crippen LogP contribution in [0.4, 0.5) is 11.5 Å². The molecule has 1 unspecified atom stereocenters. The van der Waals surface area contributed by atoms with E-state index < -0.39 is 0 Å². The fraction of sp³-hybridized carbons (Fsp3) is 0.310. The molecule has 1 N–H and O–H groups in total. The minimum Gasteiger partial charge on any atom is -0.493 e. The molecule has 1 atom stereocenters. The summed E-state index contributed by atoms with van der Waals surface area (Å²) in [4.78, 5) is 11.9. The van der Waals surface area contributed by atoms with Gasteiger partial charge in [0.1, 0.15) is 11.6 Å². The Morgan fingerprint density at radius 2 is 1.60 bits per heavy atom. The Bertz CT molecular complexity index is 1350. The molecule has 1 aliphatic carbocycles. The first-order chi connectivity index (χ1) is 17.0. The van der Waals surface area contributed by atoms with Gasteiger partial charge in [-0.15, -0.1) is 0 Å². The van der Waals surface area contributed by atoms with Crippen LogP contribution in [0.2, 0.25) is 0 Å². The fourth-order valence-corrected chi connectivity index (χ4v) is 4.34. The molecule has 0 bridgehead atoms. The molecule has 0 saturated heterocycles. The van der Waals surface area contributed by atoms with Crippen LogP contribution in [0, 0.1) is 0 Å². The zero-order valence-electron chi connectivity index (χ0n) is 21.0. The molecule has 1 fully saturated rings. The second-order valence-electron chi connectivity index (χ2n) is 9.36. The molecule has 3 aromatic carbocycles. The molecule has 1 aliphatic rings. The van der Waals surface area contributed by atoms with Crippen molar-refractivity contribution in [3.05, 3.63) is 72.1 Å². The van der Waals surface area contributed by atoms with E-state index in [1.807, 2.05) is 12.1 Å². The maximum atomic E-state index is 5.56. The molecule has 1 heterocycles. The summed E-state index contributed by atoms with van der Waals surface area (Å²) < 4.78 is 11.1. The summed E-state index contributed by atoms with van der Waals surface area (Å²) in [5.41, 5.74) is 5.64. The van der Waals surface area contributed by atoms with E-state index in [4.69, 9.17) is 19.4 Å². The Labute approximate surface area is 206 Å². The zero-order valence-corrected chi connectivity index (χ0v) is 21.0. The monoisotopic (exact) mass is 468 g/mol. The quantitative estimate of drug-likeness (QED) is 0.322. The lowest BCUT2D eigenvalue weighted by atomic mass is 9.99. The summed E-state index contributed by atoms with van der Waals surface area (Å²) >= 11 is 0. The van der Waals surface area contributed by atoms with Gasteiger partial charge in [-0.3, -0.25) is 0 Å². The molecule has 1 saturated carbocycles. The molecular formula is C29H32N4O2. The Kier molecular flexibility index (Phi) is 6.20. The van der Waals surface area contributed by atoms with Gasteiger partial charge in [-0.25, -0.2) is 9.97 Å². The third-order valence-electron chi connectivity index (χ3n) is 6.62. The summed E-state index contributed by atoms with van der Waals surface area (Å²) in [5.74, 6) is 3.51. The number of methoxy groups -OCH3 is 2. The molecule has 0 spiro atoms. The normalized spacial score (nSPS) is 14.0. The predicted molar refractivity (Wildman–Crippen MR) is 143 cm³/mol. The van der Waals surface area contributed by atoms with Crippen molar-refractivity contribution in [3.8, 4) is 22.6 Å². The number of hydrogen-bond donors (Lipinski definition) is 1. The first-order valence-electron chi connectivity index (χ1n) is 12.0. The minimum absolute atomic E-state index is 0.0502. The number of ether oxygens (including phenoxy) is 2. The van der Waals surface area contributed by atoms with Gasteiger partial charge < -0.3 is 19.7 Å². The number of rotatable bonds is 8. The topological polar surface area (TPSA) is 59.5 Å². The number of aromatic nitrogens is 2. The van der Waals surface area contributed by atoms with Crippen molar-refractivity contribution in [2.45, 2.75) is 31.7 Å². The first kappa shape index (κ1) is 23.0. The van der Waals surface area contributed by atoms with Crippen molar-refractivity contribution < 1.29 is 9.47 Å². The van der Waals surface area contributed by atoms with Crippen LogP contribution in [0.25, 0.3) is 22.0 Å². The molecule has 0 amide bonds. The summed E-state index contributed by atoms with van der Waals surface area (Å²) in [7, 11) is 7.41. The molecule has 6 heteroatoms. The summed E-state index contributed by atoms with van der Waals surface area (Å²) in [6, 6.07) is 21.3. The molecular weight excluding hydrogens is 436 g/mol. The second kappa shape index (κ2) is 9.45. The van der Waals surface area contributed by atoms with Gasteiger partial charge in [-0.1, -0.05) is 30.3 Å². The average Bonchev–Trinajstić information content (AvgIpc) is 3.73. The number of anilines is 2. The van der Waals surface area contributed by atoms with E-state index in [0.29, 0.717) is 17.4 Å². The molecule has 5 rings (SSSR count). The Morgan fingerprint density at radius 3 is 2.26 bits per heavy atom. The minimum atomic E-state index is 0.0502. The van der Waals surface area contributed by atoms with Crippen LogP contribution in [0.15, 0.2) is 60.7 Å². The molecule has 6 nitrogen and oxygen atoms in total. The lowest BCUT2D eigenvalue weighted by Crippen LogP contribution is -2.10. The zero-order chi connectivity index (χ0) is 24.5. The van der Waals surface area contributed by atoms with Crippen molar-refractivity contribution in [2.24, 2.45) is 0 Å². The third kappa shape index (κ3) is 4.74. The number of benzene rings is 3. The summed E-state index contributed by atoms with van der Waals surface area (Å²) in [6.45, 7) is 2.17. The lowest BCUT2D eigenvalue weighted by Gasteiger charge is -2.19. The van der Waals surface area contributed by atoms with Crippen molar-refractivity contribution in [1.29, 1.82) is 0 Å². The first-order valence-corrected chi connectivity index (χ1v) is 12.0. The SMILES string of the molecule is COc1cc2nc(C3CC3)nc(NC(C)c3cccc(-c4ccc(N(C)C)cc4)c3)c2cc1OC. The van der Waals surface area contributed by atoms with Gasteiger partial charge in [-0.2, -0.15) is 0 Å². The molecule has 0 radical (unpaired) electrons. The van der Waals surface area contributed by atoms with E-state index in [1.165, 1.54) is 22.4 Å². The number of hydrogen-bond acceptors (Lipinski definition) is 6. The van der Waals surface area contributed by atoms with Crippen molar-refractivity contribution in [2.75, 3.05) is 38.5 Å². The Hall–Kier alpha value is -3.80. The van der Waals surface area contributed by atoms with Crippen LogP contribution < -0.4 is 19.7 Å². The van der Waals surface area contributed by atoms with Crippen molar-refractivity contribution >= 4 is 22.4 Å². The van der Waals surface area contributed by atoms with Gasteiger partial charge in [0.15, 0.2) is 11.5 Å². The Morgan fingerprint density at radius 1 is 0.886 bits per heavy atom. The molecule has 1 aromatic heterocycles. The van der Waals surface area contributed by atoms with Crippen LogP contribution >= 0.6 is 0 Å². The maximum absolute atomic E-state index is 5.56. The highest BCUT2D eigenvalue weighted by molar-refractivity contribution is 5.92. The van der Waals surface area contributed by atoms with Crippen LogP contribution in [0.1, 0.15) is 43.1 Å². The number of nitrogens with zero attached hydrogens (tertiary/aromatic N) is 3. The summed E-state index contributed by atoms with van der Waals surface area (Å²) in [6.07, 6.45) is 2.28. The largest absolute Gasteiger partial charge is 0.493 e. The highest BCUT2D eigenvalue weighted by atomic mass is 16.5. The van der Waals surface area contributed by atoms with E-state index in [0.717, 1.165) is 35.4 Å². The van der Waals surface area contributed by atoms with Crippen LogP contribution in [0.5, 0.6) is 11.5 Å². The van der Waals surface area contributed by atoms with Crippen LogP contribution in [-0.2, 0) is 0 Å². The highest BCUT2D eigenvalue weighted by Crippen LogP contribution is 2.41. The molecule has 35 heavy (non-hydrogen) atoms. The fourth-order valence-electron chi connectivity index (χ4n) is 4.34. The maximum Gasteiger partial charge on any atom is 0.162 e. The van der Waals surface area contributed by atoms with Crippen molar-refractivity contribution in [1.82, 2.24) is 9.97 Å². The van der Waals surface area contributed by atoms with Crippen LogP contribution in [0.3, 0.4) is 0 Å². The predicted octanol–water partition coefficient (Wildman–Crippen LogP) is 6.43. The van der Waals surface area contributed by atoms with Crippen LogP contribution in [-0.4, -0.2) is 38.3 Å². The third-order valence-corrected chi connectivity index (χ3v) is 6.62. The number of nitrogens with one attached hydrogen (secondary N) is 1. The smallest absolute Gasteiger partial charge is 0.162 e. The van der Waals surface area contributed by atoms with Gasteiger partial charge in [0.05, 0.1) is 19.7 Å². The standard InChI is InChI=1S/C29H32N4O2/c1-18(21-7-6-8-22(15-21)19-11-13-23(14-12-19)33(2)3)30-29-24-16-26(34-4)27(35-5)17-25(24)31-28(32-29)20-9-10-20/h6-8,11-18,20H,9-10H2,1-5H3,(H,30,31,32).